The number of amides is 1. The average Bonchev–Trinajstić information content (AvgIpc) is 2.37. The summed E-state index contributed by atoms with van der Waals surface area (Å²) in [5, 5.41) is 2.66. The summed E-state index contributed by atoms with van der Waals surface area (Å²) in [7, 11) is 0. The van der Waals surface area contributed by atoms with Crippen LogP contribution in [0.2, 0.25) is 0 Å². The fourth-order valence-corrected chi connectivity index (χ4v) is 1.81. The number of hydrogen-bond acceptors (Lipinski definition) is 3. The summed E-state index contributed by atoms with van der Waals surface area (Å²) in [6.07, 6.45) is 0.379. The van der Waals surface area contributed by atoms with Crippen LogP contribution < -0.4 is 10.0 Å². The van der Waals surface area contributed by atoms with Crippen LogP contribution in [-0.2, 0) is 20.9 Å². The number of nitrogens with one attached hydrogen (secondary N) is 2. The fraction of sp³-hybridized carbons (Fsp3) is 0.385. The molecule has 1 aromatic rings. The second kappa shape index (κ2) is 7.76. The van der Waals surface area contributed by atoms with Gasteiger partial charge in [-0.2, -0.15) is 0 Å². The highest BCUT2D eigenvalue weighted by atomic mass is 32.2. The monoisotopic (exact) mass is 298 g/mol. The zero-order valence-corrected chi connectivity index (χ0v) is 12.2. The van der Waals surface area contributed by atoms with E-state index in [4.69, 9.17) is 4.55 Å². The molecular formula is C13H18N2O4S. The van der Waals surface area contributed by atoms with Gasteiger partial charge in [-0.05, 0) is 24.3 Å². The SMILES string of the molecule is CC(C)C(=O)CCC(=O)Nc1ccc(NS(=O)O)cc1. The number of hydrogen-bond donors (Lipinski definition) is 3. The van der Waals surface area contributed by atoms with Crippen molar-refractivity contribution >= 4 is 34.3 Å². The maximum absolute atomic E-state index is 11.6. The molecular weight excluding hydrogens is 280 g/mol. The molecule has 1 amide bonds. The Morgan fingerprint density at radius 3 is 2.20 bits per heavy atom. The number of rotatable bonds is 7. The summed E-state index contributed by atoms with van der Waals surface area (Å²) in [5.41, 5.74) is 1.04. The lowest BCUT2D eigenvalue weighted by Crippen LogP contribution is -2.15. The van der Waals surface area contributed by atoms with Crippen molar-refractivity contribution in [1.29, 1.82) is 0 Å². The molecule has 0 saturated carbocycles. The summed E-state index contributed by atoms with van der Waals surface area (Å²) in [5.74, 6) is -0.233. The zero-order valence-electron chi connectivity index (χ0n) is 11.4. The van der Waals surface area contributed by atoms with Gasteiger partial charge in [-0.3, -0.25) is 18.9 Å². The van der Waals surface area contributed by atoms with Gasteiger partial charge in [0.1, 0.15) is 5.78 Å². The van der Waals surface area contributed by atoms with Crippen LogP contribution in [0.15, 0.2) is 24.3 Å². The van der Waals surface area contributed by atoms with E-state index in [9.17, 15) is 13.8 Å². The van der Waals surface area contributed by atoms with E-state index in [1.54, 1.807) is 38.1 Å². The van der Waals surface area contributed by atoms with E-state index in [0.29, 0.717) is 11.4 Å². The highest BCUT2D eigenvalue weighted by Crippen LogP contribution is 2.14. The Morgan fingerprint density at radius 2 is 1.70 bits per heavy atom. The van der Waals surface area contributed by atoms with Gasteiger partial charge in [-0.15, -0.1) is 0 Å². The van der Waals surface area contributed by atoms with Crippen molar-refractivity contribution < 1.29 is 18.4 Å². The zero-order chi connectivity index (χ0) is 15.1. The lowest BCUT2D eigenvalue weighted by atomic mass is 10.0. The Kier molecular flexibility index (Phi) is 6.33. The predicted molar refractivity (Wildman–Crippen MR) is 78.5 cm³/mol. The Labute approximate surface area is 120 Å². The third-order valence-electron chi connectivity index (χ3n) is 2.62. The molecule has 1 unspecified atom stereocenters. The van der Waals surface area contributed by atoms with Crippen molar-refractivity contribution in [3.05, 3.63) is 24.3 Å². The van der Waals surface area contributed by atoms with Crippen LogP contribution >= 0.6 is 0 Å². The second-order valence-corrected chi connectivity index (χ2v) is 5.30. The van der Waals surface area contributed by atoms with E-state index >= 15 is 0 Å². The van der Waals surface area contributed by atoms with Crippen molar-refractivity contribution in [1.82, 2.24) is 0 Å². The minimum atomic E-state index is -2.12. The molecule has 20 heavy (non-hydrogen) atoms. The van der Waals surface area contributed by atoms with E-state index in [1.807, 2.05) is 0 Å². The fourth-order valence-electron chi connectivity index (χ4n) is 1.47. The van der Waals surface area contributed by atoms with Crippen molar-refractivity contribution in [3.8, 4) is 0 Å². The van der Waals surface area contributed by atoms with Gasteiger partial charge >= 0.3 is 0 Å². The second-order valence-electron chi connectivity index (χ2n) is 4.60. The maximum atomic E-state index is 11.6. The van der Waals surface area contributed by atoms with Crippen LogP contribution in [0.4, 0.5) is 11.4 Å². The predicted octanol–water partition coefficient (Wildman–Crippen LogP) is 2.18. The quantitative estimate of drug-likeness (QED) is 0.672. The normalized spacial score (nSPS) is 12.0. The highest BCUT2D eigenvalue weighted by molar-refractivity contribution is 7.80. The van der Waals surface area contributed by atoms with E-state index in [1.165, 1.54) is 0 Å². The Hall–Kier alpha value is -1.73. The number of benzene rings is 1. The van der Waals surface area contributed by atoms with E-state index in [-0.39, 0.29) is 30.4 Å². The highest BCUT2D eigenvalue weighted by Gasteiger charge is 2.10. The van der Waals surface area contributed by atoms with Gasteiger partial charge < -0.3 is 5.32 Å². The number of carbonyl (C=O) groups excluding carboxylic acids is 2. The molecule has 110 valence electrons. The maximum Gasteiger partial charge on any atom is 0.259 e. The third-order valence-corrected chi connectivity index (χ3v) is 3.03. The first-order valence-electron chi connectivity index (χ1n) is 6.18. The van der Waals surface area contributed by atoms with Crippen LogP contribution in [0.3, 0.4) is 0 Å². The number of carbonyl (C=O) groups is 2. The average molecular weight is 298 g/mol. The Morgan fingerprint density at radius 1 is 1.15 bits per heavy atom. The smallest absolute Gasteiger partial charge is 0.259 e. The molecule has 0 bridgehead atoms. The standard InChI is InChI=1S/C13H18N2O4S/c1-9(2)12(16)7-8-13(17)14-10-3-5-11(6-4-10)15-20(18)19/h3-6,9,15H,7-8H2,1-2H3,(H,14,17)(H,18,19). The van der Waals surface area contributed by atoms with Gasteiger partial charge in [0.05, 0.1) is 0 Å². The minimum absolute atomic E-state index is 0.0603. The van der Waals surface area contributed by atoms with Gasteiger partial charge in [0.2, 0.25) is 5.91 Å². The molecule has 1 aromatic carbocycles. The Bertz CT molecular complexity index is 500. The molecule has 0 heterocycles. The molecule has 1 atom stereocenters. The molecule has 0 saturated heterocycles. The first-order valence-corrected chi connectivity index (χ1v) is 7.29. The van der Waals surface area contributed by atoms with Crippen molar-refractivity contribution in [2.45, 2.75) is 26.7 Å². The summed E-state index contributed by atoms with van der Waals surface area (Å²) in [6, 6.07) is 6.36. The topological polar surface area (TPSA) is 95.5 Å². The molecule has 3 N–H and O–H groups in total. The first-order chi connectivity index (χ1) is 9.38. The third kappa shape index (κ3) is 5.94. The number of anilines is 2. The largest absolute Gasteiger partial charge is 0.326 e. The van der Waals surface area contributed by atoms with Crippen LogP contribution in [0, 0.1) is 5.92 Å². The van der Waals surface area contributed by atoms with Gasteiger partial charge in [0.25, 0.3) is 11.3 Å². The molecule has 1 rings (SSSR count). The van der Waals surface area contributed by atoms with Crippen molar-refractivity contribution in [2.24, 2.45) is 5.92 Å². The molecule has 0 aliphatic carbocycles. The summed E-state index contributed by atoms with van der Waals surface area (Å²) in [6.45, 7) is 3.61. The van der Waals surface area contributed by atoms with Gasteiger partial charge in [-0.25, -0.2) is 4.21 Å². The first kappa shape index (κ1) is 16.3. The van der Waals surface area contributed by atoms with Crippen LogP contribution in [0.5, 0.6) is 0 Å². The van der Waals surface area contributed by atoms with Gasteiger partial charge in [-0.1, -0.05) is 13.8 Å². The van der Waals surface area contributed by atoms with E-state index in [2.05, 4.69) is 10.0 Å². The summed E-state index contributed by atoms with van der Waals surface area (Å²) < 4.78 is 21.5. The van der Waals surface area contributed by atoms with Crippen molar-refractivity contribution in [2.75, 3.05) is 10.0 Å². The molecule has 0 fully saturated rings. The molecule has 0 aliphatic rings. The number of Topliss-reactive ketones (excluding diaryl/α,β-unsaturated/α-hetero) is 1. The minimum Gasteiger partial charge on any atom is -0.326 e. The van der Waals surface area contributed by atoms with Crippen molar-refractivity contribution in [3.63, 3.8) is 0 Å². The van der Waals surface area contributed by atoms with Crippen LogP contribution in [-0.4, -0.2) is 20.5 Å². The molecule has 6 nitrogen and oxygen atoms in total. The molecule has 0 radical (unpaired) electrons. The van der Waals surface area contributed by atoms with Gasteiger partial charge in [0.15, 0.2) is 0 Å². The van der Waals surface area contributed by atoms with E-state index < -0.39 is 11.3 Å². The lowest BCUT2D eigenvalue weighted by molar-refractivity contribution is -0.124. The summed E-state index contributed by atoms with van der Waals surface area (Å²) in [4.78, 5) is 23.0. The van der Waals surface area contributed by atoms with E-state index in [0.717, 1.165) is 0 Å². The molecule has 0 aliphatic heterocycles. The molecule has 0 aromatic heterocycles. The Balaban J connectivity index is 2.46. The number of ketones is 1. The molecule has 7 heteroatoms. The molecule has 0 spiro atoms. The lowest BCUT2D eigenvalue weighted by Gasteiger charge is -2.07. The van der Waals surface area contributed by atoms with Crippen LogP contribution in [0.1, 0.15) is 26.7 Å². The van der Waals surface area contributed by atoms with Gasteiger partial charge in [0, 0.05) is 30.1 Å². The summed E-state index contributed by atoms with van der Waals surface area (Å²) >= 11 is -2.12. The van der Waals surface area contributed by atoms with Crippen LogP contribution in [0.25, 0.3) is 0 Å².